The fourth-order valence-electron chi connectivity index (χ4n) is 2.94. The standard InChI is InChI=1S/C22H27ClN2O4/c1-4-20(22(27)24-5-2)25(14-16-7-6-8-19(13-16)28-3)21(26)15-29-18-11-9-17(23)10-12-18/h6-13,20H,4-5,14-15H2,1-3H3,(H,24,27)/t20-/m1/s1. The number of benzene rings is 2. The van der Waals surface area contributed by atoms with E-state index in [4.69, 9.17) is 21.1 Å². The zero-order chi connectivity index (χ0) is 21.2. The first-order valence-electron chi connectivity index (χ1n) is 9.56. The molecule has 156 valence electrons. The summed E-state index contributed by atoms with van der Waals surface area (Å²) in [5, 5.41) is 3.40. The first-order valence-corrected chi connectivity index (χ1v) is 9.94. The van der Waals surface area contributed by atoms with Gasteiger partial charge in [0.1, 0.15) is 17.5 Å². The molecule has 0 unspecified atom stereocenters. The van der Waals surface area contributed by atoms with Crippen molar-refractivity contribution in [1.29, 1.82) is 0 Å². The lowest BCUT2D eigenvalue weighted by atomic mass is 10.1. The van der Waals surface area contributed by atoms with Crippen LogP contribution >= 0.6 is 11.6 Å². The summed E-state index contributed by atoms with van der Waals surface area (Å²) < 4.78 is 10.9. The molecular weight excluding hydrogens is 392 g/mol. The third-order valence-corrected chi connectivity index (χ3v) is 4.65. The molecule has 0 aromatic heterocycles. The number of amides is 2. The van der Waals surface area contributed by atoms with Gasteiger partial charge in [0.25, 0.3) is 5.91 Å². The van der Waals surface area contributed by atoms with E-state index in [2.05, 4.69) is 5.32 Å². The average Bonchev–Trinajstić information content (AvgIpc) is 2.73. The number of rotatable bonds is 10. The summed E-state index contributed by atoms with van der Waals surface area (Å²) in [6.07, 6.45) is 0.489. The number of carbonyl (C=O) groups excluding carboxylic acids is 2. The van der Waals surface area contributed by atoms with Crippen molar-refractivity contribution in [2.75, 3.05) is 20.3 Å². The van der Waals surface area contributed by atoms with Gasteiger partial charge < -0.3 is 19.7 Å². The Balaban J connectivity index is 2.20. The van der Waals surface area contributed by atoms with Crippen LogP contribution in [0.15, 0.2) is 48.5 Å². The summed E-state index contributed by atoms with van der Waals surface area (Å²) in [5.74, 6) is 0.770. The summed E-state index contributed by atoms with van der Waals surface area (Å²) in [4.78, 5) is 27.1. The minimum Gasteiger partial charge on any atom is -0.497 e. The average molecular weight is 419 g/mol. The van der Waals surface area contributed by atoms with Crippen molar-refractivity contribution in [3.05, 3.63) is 59.1 Å². The number of hydrogen-bond donors (Lipinski definition) is 1. The van der Waals surface area contributed by atoms with Crippen LogP contribution in [0.1, 0.15) is 25.8 Å². The first-order chi connectivity index (χ1) is 14.0. The SMILES string of the molecule is CCNC(=O)[C@@H](CC)N(Cc1cccc(OC)c1)C(=O)COc1ccc(Cl)cc1. The fraction of sp³-hybridized carbons (Fsp3) is 0.364. The van der Waals surface area contributed by atoms with Crippen LogP contribution in [0, 0.1) is 0 Å². The zero-order valence-corrected chi connectivity index (χ0v) is 17.7. The second-order valence-corrected chi connectivity index (χ2v) is 6.87. The molecule has 0 spiro atoms. The summed E-state index contributed by atoms with van der Waals surface area (Å²) in [7, 11) is 1.59. The van der Waals surface area contributed by atoms with Crippen LogP contribution in [0.4, 0.5) is 0 Å². The van der Waals surface area contributed by atoms with Gasteiger partial charge in [-0.25, -0.2) is 0 Å². The molecule has 0 fully saturated rings. The Labute approximate surface area is 176 Å². The summed E-state index contributed by atoms with van der Waals surface area (Å²) in [6.45, 7) is 4.32. The molecule has 7 heteroatoms. The summed E-state index contributed by atoms with van der Waals surface area (Å²) in [5.41, 5.74) is 0.868. The molecule has 1 N–H and O–H groups in total. The third kappa shape index (κ3) is 6.68. The largest absolute Gasteiger partial charge is 0.497 e. The molecule has 0 saturated heterocycles. The van der Waals surface area contributed by atoms with Crippen molar-refractivity contribution in [1.82, 2.24) is 10.2 Å². The maximum atomic E-state index is 13.0. The topological polar surface area (TPSA) is 67.9 Å². The molecule has 0 heterocycles. The predicted molar refractivity (Wildman–Crippen MR) is 113 cm³/mol. The molecule has 2 rings (SSSR count). The molecule has 0 saturated carbocycles. The van der Waals surface area contributed by atoms with Gasteiger partial charge in [-0.15, -0.1) is 0 Å². The lowest BCUT2D eigenvalue weighted by Gasteiger charge is -2.30. The number of nitrogens with zero attached hydrogens (tertiary/aromatic N) is 1. The Kier molecular flexibility index (Phi) is 8.80. The van der Waals surface area contributed by atoms with E-state index in [-0.39, 0.29) is 25.0 Å². The smallest absolute Gasteiger partial charge is 0.261 e. The van der Waals surface area contributed by atoms with Crippen LogP contribution in [-0.4, -0.2) is 43.0 Å². The second kappa shape index (κ2) is 11.3. The molecule has 0 radical (unpaired) electrons. The Morgan fingerprint density at radius 3 is 2.45 bits per heavy atom. The Morgan fingerprint density at radius 2 is 1.83 bits per heavy atom. The Hall–Kier alpha value is -2.73. The molecule has 0 aliphatic carbocycles. The maximum Gasteiger partial charge on any atom is 0.261 e. The molecule has 0 aliphatic heterocycles. The number of ether oxygens (including phenoxy) is 2. The zero-order valence-electron chi connectivity index (χ0n) is 17.0. The van der Waals surface area contributed by atoms with Crippen molar-refractivity contribution >= 4 is 23.4 Å². The van der Waals surface area contributed by atoms with Gasteiger partial charge in [0.2, 0.25) is 5.91 Å². The highest BCUT2D eigenvalue weighted by molar-refractivity contribution is 6.30. The van der Waals surface area contributed by atoms with Crippen molar-refractivity contribution < 1.29 is 19.1 Å². The molecule has 2 amide bonds. The van der Waals surface area contributed by atoms with Gasteiger partial charge in [-0.2, -0.15) is 0 Å². The van der Waals surface area contributed by atoms with Crippen molar-refractivity contribution in [2.24, 2.45) is 0 Å². The highest BCUT2D eigenvalue weighted by Crippen LogP contribution is 2.19. The lowest BCUT2D eigenvalue weighted by Crippen LogP contribution is -2.50. The quantitative estimate of drug-likeness (QED) is 0.639. The number of nitrogens with one attached hydrogen (secondary N) is 1. The molecule has 2 aromatic carbocycles. The summed E-state index contributed by atoms with van der Waals surface area (Å²) in [6, 6.07) is 13.6. The number of hydrogen-bond acceptors (Lipinski definition) is 4. The van der Waals surface area contributed by atoms with Gasteiger partial charge in [-0.05, 0) is 55.3 Å². The van der Waals surface area contributed by atoms with Gasteiger partial charge in [-0.1, -0.05) is 30.7 Å². The predicted octanol–water partition coefficient (Wildman–Crippen LogP) is 3.67. The van der Waals surface area contributed by atoms with E-state index >= 15 is 0 Å². The minimum atomic E-state index is -0.595. The van der Waals surface area contributed by atoms with Gasteiger partial charge in [0, 0.05) is 18.1 Å². The van der Waals surface area contributed by atoms with Gasteiger partial charge >= 0.3 is 0 Å². The maximum absolute atomic E-state index is 13.0. The second-order valence-electron chi connectivity index (χ2n) is 6.43. The van der Waals surface area contributed by atoms with E-state index in [0.717, 1.165) is 5.56 Å². The summed E-state index contributed by atoms with van der Waals surface area (Å²) >= 11 is 5.88. The molecular formula is C22H27ClN2O4. The number of halogens is 1. The van der Waals surface area contributed by atoms with Crippen molar-refractivity contribution in [3.8, 4) is 11.5 Å². The third-order valence-electron chi connectivity index (χ3n) is 4.40. The monoisotopic (exact) mass is 418 g/mol. The van der Waals surface area contributed by atoms with Gasteiger partial charge in [0.05, 0.1) is 7.11 Å². The normalized spacial score (nSPS) is 11.4. The number of carbonyl (C=O) groups is 2. The van der Waals surface area contributed by atoms with Crippen LogP contribution in [0.2, 0.25) is 5.02 Å². The molecule has 2 aromatic rings. The lowest BCUT2D eigenvalue weighted by molar-refractivity contribution is -0.142. The molecule has 1 atom stereocenters. The van der Waals surface area contributed by atoms with Crippen LogP contribution in [0.5, 0.6) is 11.5 Å². The Bertz CT molecular complexity index is 811. The van der Waals surface area contributed by atoms with E-state index in [1.54, 1.807) is 36.3 Å². The molecule has 6 nitrogen and oxygen atoms in total. The van der Waals surface area contributed by atoms with Crippen LogP contribution in [-0.2, 0) is 16.1 Å². The van der Waals surface area contributed by atoms with E-state index in [1.165, 1.54) is 0 Å². The van der Waals surface area contributed by atoms with E-state index in [1.807, 2.05) is 38.1 Å². The van der Waals surface area contributed by atoms with Crippen LogP contribution < -0.4 is 14.8 Å². The van der Waals surface area contributed by atoms with E-state index in [0.29, 0.717) is 29.5 Å². The van der Waals surface area contributed by atoms with Gasteiger partial charge in [-0.3, -0.25) is 9.59 Å². The molecule has 29 heavy (non-hydrogen) atoms. The van der Waals surface area contributed by atoms with Crippen LogP contribution in [0.25, 0.3) is 0 Å². The highest BCUT2D eigenvalue weighted by atomic mass is 35.5. The van der Waals surface area contributed by atoms with Crippen molar-refractivity contribution in [2.45, 2.75) is 32.9 Å². The van der Waals surface area contributed by atoms with E-state index in [9.17, 15) is 9.59 Å². The number of likely N-dealkylation sites (N-methyl/N-ethyl adjacent to an activating group) is 1. The van der Waals surface area contributed by atoms with E-state index < -0.39 is 6.04 Å². The number of methoxy groups -OCH3 is 1. The fourth-order valence-corrected chi connectivity index (χ4v) is 3.06. The molecule has 0 aliphatic rings. The van der Waals surface area contributed by atoms with Gasteiger partial charge in [0.15, 0.2) is 6.61 Å². The minimum absolute atomic E-state index is 0.179. The van der Waals surface area contributed by atoms with Crippen LogP contribution in [0.3, 0.4) is 0 Å². The highest BCUT2D eigenvalue weighted by Gasteiger charge is 2.28. The first kappa shape index (κ1) is 22.6. The molecule has 0 bridgehead atoms. The Morgan fingerprint density at radius 1 is 1.10 bits per heavy atom. The van der Waals surface area contributed by atoms with Crippen molar-refractivity contribution in [3.63, 3.8) is 0 Å².